The lowest BCUT2D eigenvalue weighted by molar-refractivity contribution is 0.0955. The number of fused-ring (bicyclic) bond motifs is 1. The quantitative estimate of drug-likeness (QED) is 0.792. The molecular weight excluding hydrogens is 292 g/mol. The van der Waals surface area contributed by atoms with Crippen molar-refractivity contribution in [3.63, 3.8) is 0 Å². The Bertz CT molecular complexity index is 757. The highest BCUT2D eigenvalue weighted by Gasteiger charge is 2.09. The fourth-order valence-electron chi connectivity index (χ4n) is 2.28. The number of benzene rings is 2. The zero-order valence-electron chi connectivity index (χ0n) is 12.7. The third-order valence-corrected chi connectivity index (χ3v) is 4.67. The minimum Gasteiger partial charge on any atom is -0.378 e. The summed E-state index contributed by atoms with van der Waals surface area (Å²) in [7, 11) is 4.02. The Morgan fingerprint density at radius 2 is 1.82 bits per heavy atom. The maximum Gasteiger partial charge on any atom is 0.261 e. The van der Waals surface area contributed by atoms with E-state index in [1.54, 1.807) is 0 Å². The molecule has 0 fully saturated rings. The van der Waals surface area contributed by atoms with Crippen LogP contribution >= 0.6 is 11.3 Å². The molecule has 1 aromatic heterocycles. The van der Waals surface area contributed by atoms with E-state index in [0.29, 0.717) is 6.54 Å². The first kappa shape index (κ1) is 14.6. The zero-order chi connectivity index (χ0) is 15.5. The van der Waals surface area contributed by atoms with Crippen molar-refractivity contribution >= 4 is 33.0 Å². The molecule has 1 amide bonds. The Balaban J connectivity index is 1.66. The maximum absolute atomic E-state index is 12.3. The SMILES string of the molecule is CN(C)c1ccc(CNC(=O)c2cc3ccccc3s2)cc1. The minimum atomic E-state index is -0.0158. The molecule has 0 atom stereocenters. The number of amides is 1. The monoisotopic (exact) mass is 310 g/mol. The van der Waals surface area contributed by atoms with Crippen LogP contribution in [-0.2, 0) is 6.54 Å². The molecule has 3 aromatic rings. The van der Waals surface area contributed by atoms with Gasteiger partial charge in [-0.05, 0) is 35.2 Å². The lowest BCUT2D eigenvalue weighted by Gasteiger charge is -2.12. The summed E-state index contributed by atoms with van der Waals surface area (Å²) >= 11 is 1.53. The molecule has 0 aliphatic carbocycles. The van der Waals surface area contributed by atoms with Gasteiger partial charge in [0.1, 0.15) is 0 Å². The molecule has 3 nitrogen and oxygen atoms in total. The highest BCUT2D eigenvalue weighted by Crippen LogP contribution is 2.25. The summed E-state index contributed by atoms with van der Waals surface area (Å²) < 4.78 is 1.14. The van der Waals surface area contributed by atoms with E-state index in [2.05, 4.69) is 22.3 Å². The smallest absolute Gasteiger partial charge is 0.261 e. The lowest BCUT2D eigenvalue weighted by atomic mass is 10.2. The predicted octanol–water partition coefficient (Wildman–Crippen LogP) is 3.90. The van der Waals surface area contributed by atoms with Crippen molar-refractivity contribution < 1.29 is 4.79 Å². The first-order chi connectivity index (χ1) is 10.6. The van der Waals surface area contributed by atoms with Crippen LogP contribution in [-0.4, -0.2) is 20.0 Å². The van der Waals surface area contributed by atoms with Gasteiger partial charge in [0.25, 0.3) is 5.91 Å². The highest BCUT2D eigenvalue weighted by atomic mass is 32.1. The number of carbonyl (C=O) groups is 1. The Morgan fingerprint density at radius 3 is 2.50 bits per heavy atom. The number of thiophene rings is 1. The molecule has 0 bridgehead atoms. The van der Waals surface area contributed by atoms with E-state index in [1.807, 2.05) is 56.6 Å². The molecule has 0 spiro atoms. The van der Waals surface area contributed by atoms with Crippen LogP contribution in [0, 0.1) is 0 Å². The molecule has 0 radical (unpaired) electrons. The molecule has 112 valence electrons. The maximum atomic E-state index is 12.3. The van der Waals surface area contributed by atoms with Crippen LogP contribution in [0.1, 0.15) is 15.2 Å². The topological polar surface area (TPSA) is 32.3 Å². The minimum absolute atomic E-state index is 0.0158. The van der Waals surface area contributed by atoms with Gasteiger partial charge < -0.3 is 10.2 Å². The van der Waals surface area contributed by atoms with E-state index < -0.39 is 0 Å². The number of rotatable bonds is 4. The number of hydrogen-bond donors (Lipinski definition) is 1. The Kier molecular flexibility index (Phi) is 4.11. The van der Waals surface area contributed by atoms with E-state index in [-0.39, 0.29) is 5.91 Å². The largest absolute Gasteiger partial charge is 0.378 e. The number of nitrogens with one attached hydrogen (secondary N) is 1. The van der Waals surface area contributed by atoms with Gasteiger partial charge in [-0.3, -0.25) is 4.79 Å². The molecule has 0 aliphatic heterocycles. The fraction of sp³-hybridized carbons (Fsp3) is 0.167. The van der Waals surface area contributed by atoms with Gasteiger partial charge in [-0.15, -0.1) is 11.3 Å². The Morgan fingerprint density at radius 1 is 1.09 bits per heavy atom. The van der Waals surface area contributed by atoms with Crippen molar-refractivity contribution in [1.29, 1.82) is 0 Å². The van der Waals surface area contributed by atoms with Crippen molar-refractivity contribution in [1.82, 2.24) is 5.32 Å². The van der Waals surface area contributed by atoms with Crippen LogP contribution < -0.4 is 10.2 Å². The summed E-state index contributed by atoms with van der Waals surface area (Å²) in [5.41, 5.74) is 2.25. The zero-order valence-corrected chi connectivity index (χ0v) is 13.5. The van der Waals surface area contributed by atoms with Crippen LogP contribution in [0.2, 0.25) is 0 Å². The predicted molar refractivity (Wildman–Crippen MR) is 93.8 cm³/mol. The highest BCUT2D eigenvalue weighted by molar-refractivity contribution is 7.20. The van der Waals surface area contributed by atoms with Gasteiger partial charge in [-0.25, -0.2) is 0 Å². The number of hydrogen-bond acceptors (Lipinski definition) is 3. The molecule has 0 saturated carbocycles. The molecule has 0 unspecified atom stereocenters. The molecule has 1 heterocycles. The summed E-state index contributed by atoms with van der Waals surface area (Å²) in [4.78, 5) is 15.1. The normalized spacial score (nSPS) is 10.6. The van der Waals surface area contributed by atoms with E-state index in [9.17, 15) is 4.79 Å². The van der Waals surface area contributed by atoms with E-state index in [4.69, 9.17) is 0 Å². The number of anilines is 1. The second-order valence-corrected chi connectivity index (χ2v) is 6.48. The third kappa shape index (κ3) is 3.12. The average molecular weight is 310 g/mol. The Labute approximate surface area is 134 Å². The summed E-state index contributed by atoms with van der Waals surface area (Å²) in [5.74, 6) is -0.0158. The van der Waals surface area contributed by atoms with Gasteiger partial charge in [0, 0.05) is 31.0 Å². The summed E-state index contributed by atoms with van der Waals surface area (Å²) in [6.45, 7) is 0.542. The molecule has 22 heavy (non-hydrogen) atoms. The summed E-state index contributed by atoms with van der Waals surface area (Å²) in [6.07, 6.45) is 0. The van der Waals surface area contributed by atoms with Crippen LogP contribution in [0.15, 0.2) is 54.6 Å². The van der Waals surface area contributed by atoms with Crippen LogP contribution in [0.4, 0.5) is 5.69 Å². The third-order valence-electron chi connectivity index (χ3n) is 3.56. The molecule has 4 heteroatoms. The average Bonchev–Trinajstić information content (AvgIpc) is 2.97. The van der Waals surface area contributed by atoms with Gasteiger partial charge >= 0.3 is 0 Å². The van der Waals surface area contributed by atoms with Gasteiger partial charge in [-0.2, -0.15) is 0 Å². The standard InChI is InChI=1S/C18H18N2OS/c1-20(2)15-9-7-13(8-10-15)12-19-18(21)17-11-14-5-3-4-6-16(14)22-17/h3-11H,12H2,1-2H3,(H,19,21). The number of carbonyl (C=O) groups excluding carboxylic acids is 1. The molecule has 2 aromatic carbocycles. The van der Waals surface area contributed by atoms with E-state index in [1.165, 1.54) is 11.3 Å². The summed E-state index contributed by atoms with van der Waals surface area (Å²) in [6, 6.07) is 18.2. The van der Waals surface area contributed by atoms with Gasteiger partial charge in [0.05, 0.1) is 4.88 Å². The van der Waals surface area contributed by atoms with Gasteiger partial charge in [0.2, 0.25) is 0 Å². The van der Waals surface area contributed by atoms with Gasteiger partial charge in [0.15, 0.2) is 0 Å². The fourth-order valence-corrected chi connectivity index (χ4v) is 3.25. The molecule has 1 N–H and O–H groups in total. The van der Waals surface area contributed by atoms with Crippen molar-refractivity contribution in [2.45, 2.75) is 6.54 Å². The second kappa shape index (κ2) is 6.20. The van der Waals surface area contributed by atoms with Crippen molar-refractivity contribution in [3.05, 3.63) is 65.0 Å². The molecular formula is C18H18N2OS. The van der Waals surface area contributed by atoms with Crippen molar-refractivity contribution in [2.24, 2.45) is 0 Å². The second-order valence-electron chi connectivity index (χ2n) is 5.39. The molecule has 3 rings (SSSR count). The van der Waals surface area contributed by atoms with Crippen molar-refractivity contribution in [3.8, 4) is 0 Å². The summed E-state index contributed by atoms with van der Waals surface area (Å²) in [5, 5.41) is 4.10. The number of nitrogens with zero attached hydrogens (tertiary/aromatic N) is 1. The first-order valence-electron chi connectivity index (χ1n) is 7.16. The van der Waals surface area contributed by atoms with E-state index >= 15 is 0 Å². The van der Waals surface area contributed by atoms with Gasteiger partial charge in [-0.1, -0.05) is 30.3 Å². The molecule has 0 saturated heterocycles. The van der Waals surface area contributed by atoms with Crippen LogP contribution in [0.3, 0.4) is 0 Å². The van der Waals surface area contributed by atoms with E-state index in [0.717, 1.165) is 26.2 Å². The molecule has 0 aliphatic rings. The Hall–Kier alpha value is -2.33. The lowest BCUT2D eigenvalue weighted by Crippen LogP contribution is -2.21. The first-order valence-corrected chi connectivity index (χ1v) is 7.98. The van der Waals surface area contributed by atoms with Crippen molar-refractivity contribution in [2.75, 3.05) is 19.0 Å². The van der Waals surface area contributed by atoms with Crippen LogP contribution in [0.25, 0.3) is 10.1 Å². The van der Waals surface area contributed by atoms with Crippen LogP contribution in [0.5, 0.6) is 0 Å².